The third-order valence-electron chi connectivity index (χ3n) is 2.65. The molecule has 0 amide bonds. The third kappa shape index (κ3) is 4.62. The lowest BCUT2D eigenvalue weighted by molar-refractivity contribution is 0.477. The van der Waals surface area contributed by atoms with Gasteiger partial charge in [-0.15, -0.1) is 0 Å². The standard InChI is InChI=1S/C13H21BrN2/c1-3-5-6-7-12(15-4-2)13-9-8-11(14)10-16-13/h8-10,12,15H,3-7H2,1-2H3. The maximum absolute atomic E-state index is 4.47. The summed E-state index contributed by atoms with van der Waals surface area (Å²) >= 11 is 3.41. The van der Waals surface area contributed by atoms with E-state index in [2.05, 4.69) is 52.2 Å². The van der Waals surface area contributed by atoms with Crippen molar-refractivity contribution < 1.29 is 0 Å². The number of hydrogen-bond donors (Lipinski definition) is 1. The average molecular weight is 285 g/mol. The molecule has 1 atom stereocenters. The Balaban J connectivity index is 2.57. The zero-order valence-electron chi connectivity index (χ0n) is 10.2. The van der Waals surface area contributed by atoms with Crippen molar-refractivity contribution in [2.75, 3.05) is 6.54 Å². The molecule has 0 spiro atoms. The number of hydrogen-bond acceptors (Lipinski definition) is 2. The highest BCUT2D eigenvalue weighted by molar-refractivity contribution is 9.10. The van der Waals surface area contributed by atoms with Gasteiger partial charge in [-0.2, -0.15) is 0 Å². The monoisotopic (exact) mass is 284 g/mol. The van der Waals surface area contributed by atoms with Gasteiger partial charge < -0.3 is 5.32 Å². The number of halogens is 1. The lowest BCUT2D eigenvalue weighted by Gasteiger charge is -2.17. The average Bonchev–Trinajstić information content (AvgIpc) is 2.29. The molecule has 0 fully saturated rings. The Morgan fingerprint density at radius 1 is 1.31 bits per heavy atom. The van der Waals surface area contributed by atoms with Gasteiger partial charge in [0.15, 0.2) is 0 Å². The molecule has 0 aromatic carbocycles. The van der Waals surface area contributed by atoms with Gasteiger partial charge in [0.2, 0.25) is 0 Å². The second kappa shape index (κ2) is 7.80. The van der Waals surface area contributed by atoms with E-state index < -0.39 is 0 Å². The van der Waals surface area contributed by atoms with Crippen molar-refractivity contribution in [3.05, 3.63) is 28.5 Å². The highest BCUT2D eigenvalue weighted by atomic mass is 79.9. The molecule has 1 N–H and O–H groups in total. The molecular formula is C13H21BrN2. The second-order valence-corrected chi connectivity index (χ2v) is 4.92. The SMILES string of the molecule is CCCCCC(NCC)c1ccc(Br)cn1. The highest BCUT2D eigenvalue weighted by Gasteiger charge is 2.10. The minimum absolute atomic E-state index is 0.407. The van der Waals surface area contributed by atoms with Crippen LogP contribution in [0.15, 0.2) is 22.8 Å². The van der Waals surface area contributed by atoms with Gasteiger partial charge in [-0.25, -0.2) is 0 Å². The van der Waals surface area contributed by atoms with Crippen molar-refractivity contribution in [1.29, 1.82) is 0 Å². The summed E-state index contributed by atoms with van der Waals surface area (Å²) in [6.07, 6.45) is 6.90. The van der Waals surface area contributed by atoms with Crippen molar-refractivity contribution in [3.8, 4) is 0 Å². The second-order valence-electron chi connectivity index (χ2n) is 4.01. The van der Waals surface area contributed by atoms with Gasteiger partial charge >= 0.3 is 0 Å². The lowest BCUT2D eigenvalue weighted by Crippen LogP contribution is -2.21. The Bertz CT molecular complexity index is 284. The molecule has 90 valence electrons. The van der Waals surface area contributed by atoms with Gasteiger partial charge in [-0.1, -0.05) is 33.1 Å². The van der Waals surface area contributed by atoms with Crippen molar-refractivity contribution >= 4 is 15.9 Å². The molecule has 0 aliphatic rings. The fourth-order valence-electron chi connectivity index (χ4n) is 1.79. The van der Waals surface area contributed by atoms with Crippen LogP contribution in [0.1, 0.15) is 51.3 Å². The normalized spacial score (nSPS) is 12.7. The van der Waals surface area contributed by atoms with E-state index in [9.17, 15) is 0 Å². The summed E-state index contributed by atoms with van der Waals surface area (Å²) in [5.74, 6) is 0. The number of aromatic nitrogens is 1. The molecule has 1 aromatic heterocycles. The first kappa shape index (κ1) is 13.7. The Morgan fingerprint density at radius 2 is 2.12 bits per heavy atom. The largest absolute Gasteiger partial charge is 0.309 e. The Kier molecular flexibility index (Phi) is 6.65. The molecule has 0 radical (unpaired) electrons. The van der Waals surface area contributed by atoms with Gasteiger partial charge in [0.25, 0.3) is 0 Å². The van der Waals surface area contributed by atoms with Crippen LogP contribution in [0.4, 0.5) is 0 Å². The van der Waals surface area contributed by atoms with Crippen LogP contribution in [0.25, 0.3) is 0 Å². The van der Waals surface area contributed by atoms with Crippen LogP contribution in [0, 0.1) is 0 Å². The van der Waals surface area contributed by atoms with Crippen LogP contribution in [0.5, 0.6) is 0 Å². The maximum atomic E-state index is 4.47. The van der Waals surface area contributed by atoms with Crippen LogP contribution >= 0.6 is 15.9 Å². The summed E-state index contributed by atoms with van der Waals surface area (Å²) in [5.41, 5.74) is 1.15. The number of pyridine rings is 1. The predicted octanol–water partition coefficient (Wildman–Crippen LogP) is 4.08. The Morgan fingerprint density at radius 3 is 2.69 bits per heavy atom. The molecule has 1 aromatic rings. The van der Waals surface area contributed by atoms with E-state index in [1.165, 1.54) is 25.7 Å². The van der Waals surface area contributed by atoms with E-state index in [1.54, 1.807) is 0 Å². The maximum Gasteiger partial charge on any atom is 0.0574 e. The van der Waals surface area contributed by atoms with E-state index in [4.69, 9.17) is 0 Å². The first-order valence-corrected chi connectivity index (χ1v) is 6.92. The number of unbranched alkanes of at least 4 members (excludes halogenated alkanes) is 2. The number of nitrogens with zero attached hydrogens (tertiary/aromatic N) is 1. The molecule has 0 aliphatic heterocycles. The first-order valence-electron chi connectivity index (χ1n) is 6.12. The minimum Gasteiger partial charge on any atom is -0.309 e. The van der Waals surface area contributed by atoms with Crippen molar-refractivity contribution in [1.82, 2.24) is 10.3 Å². The van der Waals surface area contributed by atoms with Crippen LogP contribution in [0.3, 0.4) is 0 Å². The minimum atomic E-state index is 0.407. The quantitative estimate of drug-likeness (QED) is 0.764. The van der Waals surface area contributed by atoms with Crippen molar-refractivity contribution in [2.24, 2.45) is 0 Å². The molecule has 0 saturated heterocycles. The van der Waals surface area contributed by atoms with Gasteiger partial charge in [0, 0.05) is 16.7 Å². The Labute approximate surface area is 107 Å². The highest BCUT2D eigenvalue weighted by Crippen LogP contribution is 2.19. The molecule has 1 heterocycles. The van der Waals surface area contributed by atoms with Gasteiger partial charge in [0.05, 0.1) is 5.69 Å². The van der Waals surface area contributed by atoms with Gasteiger partial charge in [-0.05, 0) is 41.0 Å². The molecule has 1 rings (SSSR count). The number of rotatable bonds is 7. The van der Waals surface area contributed by atoms with E-state index >= 15 is 0 Å². The fourth-order valence-corrected chi connectivity index (χ4v) is 2.03. The molecular weight excluding hydrogens is 264 g/mol. The van der Waals surface area contributed by atoms with Crippen LogP contribution in [0.2, 0.25) is 0 Å². The Hall–Kier alpha value is -0.410. The predicted molar refractivity (Wildman–Crippen MR) is 72.5 cm³/mol. The molecule has 0 saturated carbocycles. The van der Waals surface area contributed by atoms with Crippen molar-refractivity contribution in [2.45, 2.75) is 45.6 Å². The zero-order valence-corrected chi connectivity index (χ0v) is 11.8. The summed E-state index contributed by atoms with van der Waals surface area (Å²) < 4.78 is 1.04. The zero-order chi connectivity index (χ0) is 11.8. The van der Waals surface area contributed by atoms with Crippen LogP contribution < -0.4 is 5.32 Å². The summed E-state index contributed by atoms with van der Waals surface area (Å²) in [5, 5.41) is 3.50. The fraction of sp³-hybridized carbons (Fsp3) is 0.615. The van der Waals surface area contributed by atoms with E-state index in [1.807, 2.05) is 6.20 Å². The molecule has 0 aliphatic carbocycles. The van der Waals surface area contributed by atoms with Crippen molar-refractivity contribution in [3.63, 3.8) is 0 Å². The van der Waals surface area contributed by atoms with E-state index in [0.29, 0.717) is 6.04 Å². The molecule has 3 heteroatoms. The smallest absolute Gasteiger partial charge is 0.0574 e. The van der Waals surface area contributed by atoms with E-state index in [0.717, 1.165) is 16.7 Å². The molecule has 16 heavy (non-hydrogen) atoms. The summed E-state index contributed by atoms with van der Waals surface area (Å²) in [6.45, 7) is 5.38. The molecule has 1 unspecified atom stereocenters. The van der Waals surface area contributed by atoms with Gasteiger partial charge in [0.1, 0.15) is 0 Å². The van der Waals surface area contributed by atoms with Crippen LogP contribution in [-0.2, 0) is 0 Å². The first-order chi connectivity index (χ1) is 7.77. The topological polar surface area (TPSA) is 24.9 Å². The summed E-state index contributed by atoms with van der Waals surface area (Å²) in [6, 6.07) is 4.57. The summed E-state index contributed by atoms with van der Waals surface area (Å²) in [7, 11) is 0. The lowest BCUT2D eigenvalue weighted by atomic mass is 10.0. The molecule has 2 nitrogen and oxygen atoms in total. The molecule has 0 bridgehead atoms. The van der Waals surface area contributed by atoms with E-state index in [-0.39, 0.29) is 0 Å². The summed E-state index contributed by atoms with van der Waals surface area (Å²) in [4.78, 5) is 4.47. The third-order valence-corrected chi connectivity index (χ3v) is 3.12. The van der Waals surface area contributed by atoms with Gasteiger partial charge in [-0.3, -0.25) is 4.98 Å². The van der Waals surface area contributed by atoms with Crippen LogP contribution in [-0.4, -0.2) is 11.5 Å². The number of nitrogens with one attached hydrogen (secondary N) is 1.